The zero-order valence-corrected chi connectivity index (χ0v) is 12.6. The van der Waals surface area contributed by atoms with Crippen LogP contribution in [0, 0.1) is 0 Å². The summed E-state index contributed by atoms with van der Waals surface area (Å²) in [6.45, 7) is 9.17. The average Bonchev–Trinajstić information content (AvgIpc) is 2.73. The Morgan fingerprint density at radius 2 is 1.72 bits per heavy atom. The SMILES string of the molecule is CCCCCCC[n+]1ccn(CCC)c1CCC. The number of aromatic nitrogens is 2. The van der Waals surface area contributed by atoms with Crippen LogP contribution in [0.4, 0.5) is 0 Å². The molecule has 0 N–H and O–H groups in total. The fourth-order valence-corrected chi connectivity index (χ4v) is 2.54. The zero-order valence-electron chi connectivity index (χ0n) is 12.6. The van der Waals surface area contributed by atoms with Gasteiger partial charge < -0.3 is 0 Å². The molecule has 0 aromatic carbocycles. The lowest BCUT2D eigenvalue weighted by molar-refractivity contribution is -0.704. The van der Waals surface area contributed by atoms with Crippen molar-refractivity contribution in [3.05, 3.63) is 18.2 Å². The molecule has 1 heterocycles. The van der Waals surface area contributed by atoms with Gasteiger partial charge in [-0.3, -0.25) is 0 Å². The summed E-state index contributed by atoms with van der Waals surface area (Å²) in [5, 5.41) is 0. The van der Waals surface area contributed by atoms with Crippen LogP contribution in [-0.2, 0) is 19.5 Å². The Kier molecular flexibility index (Phi) is 7.79. The smallest absolute Gasteiger partial charge is 0.234 e. The second-order valence-electron chi connectivity index (χ2n) is 5.27. The molecule has 2 nitrogen and oxygen atoms in total. The lowest BCUT2D eigenvalue weighted by Gasteiger charge is -2.04. The third-order valence-electron chi connectivity index (χ3n) is 3.53. The van der Waals surface area contributed by atoms with E-state index < -0.39 is 0 Å². The summed E-state index contributed by atoms with van der Waals surface area (Å²) in [5.74, 6) is 1.52. The van der Waals surface area contributed by atoms with Crippen LogP contribution >= 0.6 is 0 Å². The second-order valence-corrected chi connectivity index (χ2v) is 5.27. The molecule has 2 heteroatoms. The molecule has 0 bridgehead atoms. The van der Waals surface area contributed by atoms with E-state index in [4.69, 9.17) is 0 Å². The van der Waals surface area contributed by atoms with E-state index in [9.17, 15) is 0 Å². The minimum absolute atomic E-state index is 1.16. The van der Waals surface area contributed by atoms with Crippen molar-refractivity contribution in [3.8, 4) is 0 Å². The molecular formula is C16H31N2+. The number of hydrogen-bond donors (Lipinski definition) is 0. The second kappa shape index (κ2) is 9.18. The van der Waals surface area contributed by atoms with Crippen molar-refractivity contribution in [1.82, 2.24) is 4.57 Å². The van der Waals surface area contributed by atoms with Gasteiger partial charge in [0.1, 0.15) is 12.4 Å². The van der Waals surface area contributed by atoms with E-state index in [1.807, 2.05) is 0 Å². The molecule has 0 saturated carbocycles. The highest BCUT2D eigenvalue weighted by atomic mass is 15.1. The fourth-order valence-electron chi connectivity index (χ4n) is 2.54. The van der Waals surface area contributed by atoms with Crippen LogP contribution < -0.4 is 4.57 Å². The summed E-state index contributed by atoms with van der Waals surface area (Å²) in [4.78, 5) is 0. The van der Waals surface area contributed by atoms with Gasteiger partial charge in [-0.1, -0.05) is 40.0 Å². The average molecular weight is 251 g/mol. The van der Waals surface area contributed by atoms with Crippen molar-refractivity contribution in [2.45, 2.75) is 85.2 Å². The topological polar surface area (TPSA) is 8.81 Å². The van der Waals surface area contributed by atoms with Crippen molar-refractivity contribution in [3.63, 3.8) is 0 Å². The predicted octanol–water partition coefficient (Wildman–Crippen LogP) is 4.11. The molecular weight excluding hydrogens is 220 g/mol. The van der Waals surface area contributed by atoms with Crippen LogP contribution in [0.25, 0.3) is 0 Å². The first kappa shape index (κ1) is 15.3. The van der Waals surface area contributed by atoms with Gasteiger partial charge in [0.05, 0.1) is 13.1 Å². The highest BCUT2D eigenvalue weighted by Gasteiger charge is 2.14. The first-order valence-electron chi connectivity index (χ1n) is 7.90. The van der Waals surface area contributed by atoms with Gasteiger partial charge in [0.2, 0.25) is 0 Å². The summed E-state index contributed by atoms with van der Waals surface area (Å²) in [6.07, 6.45) is 15.1. The Morgan fingerprint density at radius 3 is 2.39 bits per heavy atom. The number of nitrogens with zero attached hydrogens (tertiary/aromatic N) is 2. The van der Waals surface area contributed by atoms with Crippen molar-refractivity contribution in [1.29, 1.82) is 0 Å². The molecule has 0 aliphatic rings. The van der Waals surface area contributed by atoms with Gasteiger partial charge in [-0.05, 0) is 25.7 Å². The van der Waals surface area contributed by atoms with Crippen molar-refractivity contribution in [2.75, 3.05) is 0 Å². The summed E-state index contributed by atoms with van der Waals surface area (Å²) >= 11 is 0. The van der Waals surface area contributed by atoms with Gasteiger partial charge in [0.15, 0.2) is 0 Å². The van der Waals surface area contributed by atoms with Crippen LogP contribution in [-0.4, -0.2) is 4.57 Å². The lowest BCUT2D eigenvalue weighted by Crippen LogP contribution is -2.37. The summed E-state index contributed by atoms with van der Waals surface area (Å²) in [6, 6.07) is 0. The Morgan fingerprint density at radius 1 is 0.944 bits per heavy atom. The Labute approximate surface area is 113 Å². The largest absolute Gasteiger partial charge is 0.256 e. The van der Waals surface area contributed by atoms with Gasteiger partial charge in [0, 0.05) is 6.42 Å². The minimum Gasteiger partial charge on any atom is -0.234 e. The maximum Gasteiger partial charge on any atom is 0.256 e. The third kappa shape index (κ3) is 4.83. The van der Waals surface area contributed by atoms with Gasteiger partial charge in [-0.2, -0.15) is 0 Å². The highest BCUT2D eigenvalue weighted by molar-refractivity contribution is 4.83. The summed E-state index contributed by atoms with van der Waals surface area (Å²) in [7, 11) is 0. The highest BCUT2D eigenvalue weighted by Crippen LogP contribution is 2.05. The molecule has 0 amide bonds. The van der Waals surface area contributed by atoms with Crippen LogP contribution in [0.1, 0.15) is 71.5 Å². The van der Waals surface area contributed by atoms with Crippen LogP contribution in [0.15, 0.2) is 12.4 Å². The van der Waals surface area contributed by atoms with Gasteiger partial charge in [-0.25, -0.2) is 9.13 Å². The van der Waals surface area contributed by atoms with E-state index in [1.165, 1.54) is 63.7 Å². The summed E-state index contributed by atoms with van der Waals surface area (Å²) in [5.41, 5.74) is 0. The molecule has 1 aromatic heterocycles. The molecule has 18 heavy (non-hydrogen) atoms. The standard InChI is InChI=1S/C16H31N2/c1-4-7-8-9-10-13-18-15-14-17(12-6-3)16(18)11-5-2/h14-15H,4-13H2,1-3H3/q+1. The van der Waals surface area contributed by atoms with Gasteiger partial charge in [-0.15, -0.1) is 0 Å². The zero-order chi connectivity index (χ0) is 13.2. The third-order valence-corrected chi connectivity index (χ3v) is 3.53. The lowest BCUT2D eigenvalue weighted by atomic mass is 10.1. The molecule has 0 radical (unpaired) electrons. The first-order valence-corrected chi connectivity index (χ1v) is 7.90. The number of aryl methyl sites for hydroxylation is 2. The molecule has 1 rings (SSSR count). The molecule has 1 aromatic rings. The predicted molar refractivity (Wildman–Crippen MR) is 77.7 cm³/mol. The van der Waals surface area contributed by atoms with Crippen LogP contribution in [0.2, 0.25) is 0 Å². The molecule has 0 atom stereocenters. The first-order chi connectivity index (χ1) is 8.83. The Bertz CT molecular complexity index is 315. The van der Waals surface area contributed by atoms with Crippen LogP contribution in [0.3, 0.4) is 0 Å². The molecule has 104 valence electrons. The van der Waals surface area contributed by atoms with Gasteiger partial charge in [0.25, 0.3) is 5.82 Å². The fraction of sp³-hybridized carbons (Fsp3) is 0.812. The maximum atomic E-state index is 2.48. The Hall–Kier alpha value is -0.790. The molecule has 0 unspecified atom stereocenters. The van der Waals surface area contributed by atoms with Crippen LogP contribution in [0.5, 0.6) is 0 Å². The molecule has 0 spiro atoms. The van der Waals surface area contributed by atoms with E-state index in [-0.39, 0.29) is 0 Å². The van der Waals surface area contributed by atoms with E-state index in [2.05, 4.69) is 42.3 Å². The molecule has 0 aliphatic heterocycles. The van der Waals surface area contributed by atoms with E-state index in [0.29, 0.717) is 0 Å². The maximum absolute atomic E-state index is 2.48. The van der Waals surface area contributed by atoms with Crippen molar-refractivity contribution < 1.29 is 4.57 Å². The van der Waals surface area contributed by atoms with Crippen molar-refractivity contribution in [2.24, 2.45) is 0 Å². The monoisotopic (exact) mass is 251 g/mol. The number of hydrogen-bond acceptors (Lipinski definition) is 0. The van der Waals surface area contributed by atoms with E-state index in [0.717, 1.165) is 6.54 Å². The molecule has 0 aliphatic carbocycles. The van der Waals surface area contributed by atoms with E-state index in [1.54, 1.807) is 0 Å². The molecule has 0 fully saturated rings. The Balaban J connectivity index is 2.47. The normalized spacial score (nSPS) is 11.1. The summed E-state index contributed by atoms with van der Waals surface area (Å²) < 4.78 is 4.92. The number of rotatable bonds is 10. The molecule has 0 saturated heterocycles. The van der Waals surface area contributed by atoms with E-state index >= 15 is 0 Å². The van der Waals surface area contributed by atoms with Gasteiger partial charge >= 0.3 is 0 Å². The quantitative estimate of drug-likeness (QED) is 0.437. The van der Waals surface area contributed by atoms with Crippen molar-refractivity contribution >= 4 is 0 Å². The number of unbranched alkanes of at least 4 members (excludes halogenated alkanes) is 4. The minimum atomic E-state index is 1.16. The number of imidazole rings is 1.